The van der Waals surface area contributed by atoms with E-state index in [1.165, 1.54) is 31.4 Å². The molecule has 25 heavy (non-hydrogen) atoms. The second-order valence-electron chi connectivity index (χ2n) is 6.50. The predicted octanol–water partition coefficient (Wildman–Crippen LogP) is 5.85. The van der Waals surface area contributed by atoms with Crippen molar-refractivity contribution in [3.63, 3.8) is 0 Å². The molecule has 134 valence electrons. The number of unbranched alkanes of at least 4 members (excludes halogenated alkanes) is 4. The van der Waals surface area contributed by atoms with E-state index in [0.717, 1.165) is 30.0 Å². The van der Waals surface area contributed by atoms with Crippen molar-refractivity contribution in [1.29, 1.82) is 0 Å². The number of aliphatic imine (C=N–C) groups is 1. The highest BCUT2D eigenvalue weighted by Crippen LogP contribution is 2.18. The predicted molar refractivity (Wildman–Crippen MR) is 109 cm³/mol. The normalized spacial score (nSPS) is 11.0. The topological polar surface area (TPSA) is 24.8 Å². The fourth-order valence-electron chi connectivity index (χ4n) is 2.53. The summed E-state index contributed by atoms with van der Waals surface area (Å²) >= 11 is 0. The van der Waals surface area contributed by atoms with Gasteiger partial charge in [0.05, 0.1) is 12.3 Å². The Hall–Kier alpha value is -2.29. The Morgan fingerprint density at radius 3 is 2.20 bits per heavy atom. The van der Waals surface area contributed by atoms with Crippen LogP contribution in [0.2, 0.25) is 0 Å². The zero-order valence-corrected chi connectivity index (χ0v) is 15.7. The van der Waals surface area contributed by atoms with Gasteiger partial charge in [-0.1, -0.05) is 32.6 Å². The van der Waals surface area contributed by atoms with Gasteiger partial charge in [0.25, 0.3) is 0 Å². The van der Waals surface area contributed by atoms with Crippen LogP contribution in [0.4, 0.5) is 11.4 Å². The maximum atomic E-state index is 5.79. The number of rotatable bonds is 10. The SMILES string of the molecule is CCCCCCCOc1ccc(C=Nc2ccc(N(C)C)cc2)cc1. The number of hydrogen-bond donors (Lipinski definition) is 0. The summed E-state index contributed by atoms with van der Waals surface area (Å²) < 4.78 is 5.79. The van der Waals surface area contributed by atoms with Crippen molar-refractivity contribution in [3.8, 4) is 5.75 Å². The minimum absolute atomic E-state index is 0.801. The van der Waals surface area contributed by atoms with Crippen LogP contribution in [0.3, 0.4) is 0 Å². The molecule has 0 unspecified atom stereocenters. The molecule has 0 aliphatic heterocycles. The van der Waals surface area contributed by atoms with Crippen LogP contribution < -0.4 is 9.64 Å². The summed E-state index contributed by atoms with van der Waals surface area (Å²) in [5, 5.41) is 0. The molecule has 0 N–H and O–H groups in total. The van der Waals surface area contributed by atoms with Gasteiger partial charge < -0.3 is 9.64 Å². The molecule has 2 aromatic rings. The van der Waals surface area contributed by atoms with E-state index in [2.05, 4.69) is 28.9 Å². The molecule has 0 bridgehead atoms. The third-order valence-electron chi connectivity index (χ3n) is 4.13. The van der Waals surface area contributed by atoms with E-state index in [9.17, 15) is 0 Å². The highest BCUT2D eigenvalue weighted by Gasteiger charge is 1.96. The molecule has 0 amide bonds. The number of hydrogen-bond acceptors (Lipinski definition) is 3. The van der Waals surface area contributed by atoms with E-state index in [0.29, 0.717) is 0 Å². The Balaban J connectivity index is 1.79. The molecule has 0 atom stereocenters. The Morgan fingerprint density at radius 2 is 1.56 bits per heavy atom. The zero-order chi connectivity index (χ0) is 17.9. The van der Waals surface area contributed by atoms with Crippen molar-refractivity contribution in [2.24, 2.45) is 4.99 Å². The van der Waals surface area contributed by atoms with Gasteiger partial charge in [0.15, 0.2) is 0 Å². The number of anilines is 1. The summed E-state index contributed by atoms with van der Waals surface area (Å²) in [5.74, 6) is 0.933. The molecule has 0 aromatic heterocycles. The van der Waals surface area contributed by atoms with Crippen LogP contribution in [0.1, 0.15) is 44.6 Å². The van der Waals surface area contributed by atoms with Crippen LogP contribution in [0.15, 0.2) is 53.5 Å². The first-order valence-corrected chi connectivity index (χ1v) is 9.23. The van der Waals surface area contributed by atoms with E-state index >= 15 is 0 Å². The average Bonchev–Trinajstić information content (AvgIpc) is 2.64. The Bertz CT molecular complexity index is 630. The van der Waals surface area contributed by atoms with Gasteiger partial charge in [0.1, 0.15) is 5.75 Å². The minimum Gasteiger partial charge on any atom is -0.494 e. The van der Waals surface area contributed by atoms with E-state index in [4.69, 9.17) is 4.74 Å². The van der Waals surface area contributed by atoms with Crippen molar-refractivity contribution < 1.29 is 4.74 Å². The molecule has 0 fully saturated rings. The van der Waals surface area contributed by atoms with Crippen LogP contribution in [-0.4, -0.2) is 26.9 Å². The highest BCUT2D eigenvalue weighted by atomic mass is 16.5. The molecule has 0 aliphatic rings. The number of nitrogens with zero attached hydrogens (tertiary/aromatic N) is 2. The first-order chi connectivity index (χ1) is 12.2. The van der Waals surface area contributed by atoms with Gasteiger partial charge in [-0.05, 0) is 60.5 Å². The van der Waals surface area contributed by atoms with Crippen LogP contribution in [0, 0.1) is 0 Å². The van der Waals surface area contributed by atoms with E-state index in [1.54, 1.807) is 0 Å². The van der Waals surface area contributed by atoms with Crippen molar-refractivity contribution in [2.75, 3.05) is 25.6 Å². The molecular formula is C22H30N2O. The first-order valence-electron chi connectivity index (χ1n) is 9.23. The van der Waals surface area contributed by atoms with E-state index < -0.39 is 0 Å². The lowest BCUT2D eigenvalue weighted by Gasteiger charge is -2.11. The molecule has 0 saturated carbocycles. The Labute approximate surface area is 152 Å². The van der Waals surface area contributed by atoms with Crippen LogP contribution in [-0.2, 0) is 0 Å². The van der Waals surface area contributed by atoms with Gasteiger partial charge in [-0.25, -0.2) is 0 Å². The summed E-state index contributed by atoms with van der Waals surface area (Å²) in [6.45, 7) is 3.04. The lowest BCUT2D eigenvalue weighted by molar-refractivity contribution is 0.304. The second-order valence-corrected chi connectivity index (χ2v) is 6.50. The minimum atomic E-state index is 0.801. The van der Waals surface area contributed by atoms with Gasteiger partial charge in [-0.15, -0.1) is 0 Å². The van der Waals surface area contributed by atoms with Crippen LogP contribution in [0.25, 0.3) is 0 Å². The van der Waals surface area contributed by atoms with Crippen LogP contribution >= 0.6 is 0 Å². The standard InChI is InChI=1S/C22H30N2O/c1-4-5-6-7-8-17-25-22-15-9-19(10-16-22)18-23-20-11-13-21(14-12-20)24(2)3/h9-16,18H,4-8,17H2,1-3H3. The maximum absolute atomic E-state index is 5.79. The van der Waals surface area contributed by atoms with Crippen molar-refractivity contribution >= 4 is 17.6 Å². The maximum Gasteiger partial charge on any atom is 0.119 e. The summed E-state index contributed by atoms with van der Waals surface area (Å²) in [5.41, 5.74) is 3.21. The first kappa shape index (κ1) is 19.0. The molecule has 3 nitrogen and oxygen atoms in total. The van der Waals surface area contributed by atoms with Gasteiger partial charge in [-0.3, -0.25) is 4.99 Å². The highest BCUT2D eigenvalue weighted by molar-refractivity contribution is 5.82. The number of ether oxygens (including phenoxy) is 1. The monoisotopic (exact) mass is 338 g/mol. The zero-order valence-electron chi connectivity index (χ0n) is 15.7. The van der Waals surface area contributed by atoms with Crippen molar-refractivity contribution in [2.45, 2.75) is 39.0 Å². The lowest BCUT2D eigenvalue weighted by Crippen LogP contribution is -2.07. The second kappa shape index (κ2) is 10.5. The summed E-state index contributed by atoms with van der Waals surface area (Å²) in [7, 11) is 4.07. The molecule has 0 radical (unpaired) electrons. The lowest BCUT2D eigenvalue weighted by atomic mass is 10.2. The third kappa shape index (κ3) is 7.00. The molecule has 0 spiro atoms. The average molecular weight is 338 g/mol. The van der Waals surface area contributed by atoms with Gasteiger partial charge in [0.2, 0.25) is 0 Å². The smallest absolute Gasteiger partial charge is 0.119 e. The molecule has 3 heteroatoms. The summed E-state index contributed by atoms with van der Waals surface area (Å²) in [4.78, 5) is 6.61. The van der Waals surface area contributed by atoms with Gasteiger partial charge in [-0.2, -0.15) is 0 Å². The molecule has 2 rings (SSSR count). The summed E-state index contributed by atoms with van der Waals surface area (Å²) in [6.07, 6.45) is 8.19. The Morgan fingerprint density at radius 1 is 0.880 bits per heavy atom. The molecule has 0 aliphatic carbocycles. The Kier molecular flexibility index (Phi) is 8.03. The molecule has 2 aromatic carbocycles. The van der Waals surface area contributed by atoms with Crippen molar-refractivity contribution in [3.05, 3.63) is 54.1 Å². The van der Waals surface area contributed by atoms with Crippen molar-refractivity contribution in [1.82, 2.24) is 0 Å². The molecule has 0 heterocycles. The van der Waals surface area contributed by atoms with Gasteiger partial charge in [0, 0.05) is 26.0 Å². The summed E-state index contributed by atoms with van der Waals surface area (Å²) in [6, 6.07) is 16.3. The molecule has 0 saturated heterocycles. The van der Waals surface area contributed by atoms with Gasteiger partial charge >= 0.3 is 0 Å². The van der Waals surface area contributed by atoms with E-state index in [1.807, 2.05) is 56.7 Å². The van der Waals surface area contributed by atoms with Crippen LogP contribution in [0.5, 0.6) is 5.75 Å². The molecular weight excluding hydrogens is 308 g/mol. The third-order valence-corrected chi connectivity index (χ3v) is 4.13. The quantitative estimate of drug-likeness (QED) is 0.401. The fraction of sp³-hybridized carbons (Fsp3) is 0.409. The van der Waals surface area contributed by atoms with E-state index in [-0.39, 0.29) is 0 Å². The number of benzene rings is 2. The fourth-order valence-corrected chi connectivity index (χ4v) is 2.53. The largest absolute Gasteiger partial charge is 0.494 e.